The monoisotopic (exact) mass is 387 g/mol. The van der Waals surface area contributed by atoms with Gasteiger partial charge in [-0.15, -0.1) is 11.3 Å². The molecule has 0 unspecified atom stereocenters. The van der Waals surface area contributed by atoms with Crippen molar-refractivity contribution in [3.05, 3.63) is 45.9 Å². The van der Waals surface area contributed by atoms with Crippen molar-refractivity contribution < 1.29 is 14.3 Å². The molecule has 1 heterocycles. The molecule has 4 nitrogen and oxygen atoms in total. The number of ether oxygens (including phenoxy) is 2. The zero-order valence-electron chi connectivity index (χ0n) is 16.8. The molecule has 0 amide bonds. The molecule has 0 saturated carbocycles. The van der Waals surface area contributed by atoms with Gasteiger partial charge in [0.1, 0.15) is 10.8 Å². The number of rotatable bonds is 9. The van der Waals surface area contributed by atoms with Gasteiger partial charge in [-0.2, -0.15) is 0 Å². The summed E-state index contributed by atoms with van der Waals surface area (Å²) < 4.78 is 11.0. The first-order chi connectivity index (χ1) is 12.8. The minimum absolute atomic E-state index is 0.186. The second kappa shape index (κ2) is 9.70. The highest BCUT2D eigenvalue weighted by Crippen LogP contribution is 2.24. The molecule has 1 aromatic carbocycles. The number of thiazole rings is 1. The summed E-state index contributed by atoms with van der Waals surface area (Å²) in [5, 5.41) is 3.11. The van der Waals surface area contributed by atoms with Crippen LogP contribution in [0.1, 0.15) is 63.2 Å². The van der Waals surface area contributed by atoms with E-state index < -0.39 is 5.41 Å². The fourth-order valence-corrected chi connectivity index (χ4v) is 3.24. The number of aromatic nitrogens is 1. The Morgan fingerprint density at radius 3 is 2.74 bits per heavy atom. The van der Waals surface area contributed by atoms with E-state index in [2.05, 4.69) is 24.2 Å². The summed E-state index contributed by atoms with van der Waals surface area (Å²) >= 11 is 1.65. The second-order valence-corrected chi connectivity index (χ2v) is 8.26. The van der Waals surface area contributed by atoms with Crippen molar-refractivity contribution in [3.63, 3.8) is 0 Å². The zero-order valence-corrected chi connectivity index (χ0v) is 17.6. The van der Waals surface area contributed by atoms with E-state index in [0.717, 1.165) is 22.0 Å². The molecule has 0 radical (unpaired) electrons. The van der Waals surface area contributed by atoms with Crippen LogP contribution in [0.2, 0.25) is 0 Å². The summed E-state index contributed by atoms with van der Waals surface area (Å²) in [6.45, 7) is 10.7. The molecule has 0 aliphatic heterocycles. The van der Waals surface area contributed by atoms with Crippen molar-refractivity contribution in [1.82, 2.24) is 4.98 Å². The van der Waals surface area contributed by atoms with E-state index in [9.17, 15) is 4.79 Å². The molecule has 146 valence electrons. The Bertz CT molecular complexity index is 777. The highest BCUT2D eigenvalue weighted by Gasteiger charge is 2.28. The lowest BCUT2D eigenvalue weighted by Crippen LogP contribution is -2.28. The van der Waals surface area contributed by atoms with Gasteiger partial charge in [0, 0.05) is 5.38 Å². The van der Waals surface area contributed by atoms with Gasteiger partial charge >= 0.3 is 5.97 Å². The highest BCUT2D eigenvalue weighted by atomic mass is 32.1. The van der Waals surface area contributed by atoms with Crippen LogP contribution in [0, 0.1) is 5.41 Å². The summed E-state index contributed by atoms with van der Waals surface area (Å²) in [4.78, 5) is 16.5. The predicted octanol–water partition coefficient (Wildman–Crippen LogP) is 5.80. The summed E-state index contributed by atoms with van der Waals surface area (Å²) in [5.74, 6) is 1.05. The normalized spacial score (nSPS) is 11.9. The number of benzene rings is 1. The van der Waals surface area contributed by atoms with Crippen molar-refractivity contribution in [2.24, 2.45) is 5.41 Å². The van der Waals surface area contributed by atoms with Crippen molar-refractivity contribution in [2.45, 2.75) is 47.0 Å². The van der Waals surface area contributed by atoms with Gasteiger partial charge in [0.15, 0.2) is 0 Å². The molecule has 2 aromatic rings. The van der Waals surface area contributed by atoms with Crippen LogP contribution in [0.25, 0.3) is 12.2 Å². The minimum Gasteiger partial charge on any atom is -0.494 e. The third-order valence-corrected chi connectivity index (χ3v) is 5.06. The van der Waals surface area contributed by atoms with E-state index >= 15 is 0 Å². The fraction of sp³-hybridized carbons (Fsp3) is 0.455. The largest absolute Gasteiger partial charge is 0.494 e. The first kappa shape index (κ1) is 21.2. The van der Waals surface area contributed by atoms with Crippen molar-refractivity contribution in [1.29, 1.82) is 0 Å². The van der Waals surface area contributed by atoms with E-state index in [1.165, 1.54) is 0 Å². The van der Waals surface area contributed by atoms with Crippen molar-refractivity contribution >= 4 is 29.5 Å². The number of nitrogens with zero attached hydrogens (tertiary/aromatic N) is 1. The Hall–Kier alpha value is -2.14. The van der Waals surface area contributed by atoms with E-state index in [0.29, 0.717) is 25.6 Å². The molecule has 0 saturated heterocycles. The van der Waals surface area contributed by atoms with E-state index in [-0.39, 0.29) is 5.97 Å². The maximum atomic E-state index is 11.9. The molecule has 0 aliphatic rings. The molecule has 0 bridgehead atoms. The number of hydrogen-bond donors (Lipinski definition) is 0. The molecule has 0 N–H and O–H groups in total. The standard InChI is InChI=1S/C22H29NO3S/c1-6-25-21(24)22(4,5)12-13-26-18-9-7-8-17(14-18)10-11-20-23-19(15-27-20)16(2)3/h7-11,14-16H,6,12-13H2,1-5H3. The number of carbonyl (C=O) groups excluding carboxylic acids is 1. The third-order valence-electron chi connectivity index (χ3n) is 4.23. The Morgan fingerprint density at radius 1 is 1.30 bits per heavy atom. The van der Waals surface area contributed by atoms with Crippen LogP contribution in [0.3, 0.4) is 0 Å². The molecular weight excluding hydrogens is 358 g/mol. The zero-order chi connectivity index (χ0) is 19.9. The van der Waals surface area contributed by atoms with Crippen LogP contribution in [-0.4, -0.2) is 24.2 Å². The summed E-state index contributed by atoms with van der Waals surface area (Å²) in [7, 11) is 0. The lowest BCUT2D eigenvalue weighted by Gasteiger charge is -2.22. The third kappa shape index (κ3) is 6.51. The van der Waals surface area contributed by atoms with Crippen LogP contribution in [0.5, 0.6) is 5.75 Å². The van der Waals surface area contributed by atoms with Crippen LogP contribution in [-0.2, 0) is 9.53 Å². The van der Waals surface area contributed by atoms with E-state index in [1.54, 1.807) is 11.3 Å². The maximum absolute atomic E-state index is 11.9. The quantitative estimate of drug-likeness (QED) is 0.511. The average molecular weight is 388 g/mol. The van der Waals surface area contributed by atoms with Crippen LogP contribution in [0.4, 0.5) is 0 Å². The lowest BCUT2D eigenvalue weighted by molar-refractivity contribution is -0.154. The van der Waals surface area contributed by atoms with Gasteiger partial charge in [0.25, 0.3) is 0 Å². The molecule has 0 spiro atoms. The molecule has 0 atom stereocenters. The summed E-state index contributed by atoms with van der Waals surface area (Å²) in [6.07, 6.45) is 4.67. The van der Waals surface area contributed by atoms with Gasteiger partial charge < -0.3 is 9.47 Å². The second-order valence-electron chi connectivity index (χ2n) is 7.37. The lowest BCUT2D eigenvalue weighted by atomic mass is 9.90. The Balaban J connectivity index is 1.93. The van der Waals surface area contributed by atoms with Crippen LogP contribution in [0.15, 0.2) is 29.6 Å². The van der Waals surface area contributed by atoms with Crippen LogP contribution >= 0.6 is 11.3 Å². The maximum Gasteiger partial charge on any atom is 0.311 e. The van der Waals surface area contributed by atoms with Crippen molar-refractivity contribution in [3.8, 4) is 5.75 Å². The number of carbonyl (C=O) groups is 1. The van der Waals surface area contributed by atoms with Crippen molar-refractivity contribution in [2.75, 3.05) is 13.2 Å². The van der Waals surface area contributed by atoms with Crippen LogP contribution < -0.4 is 4.74 Å². The first-order valence-electron chi connectivity index (χ1n) is 9.35. The van der Waals surface area contributed by atoms with E-state index in [4.69, 9.17) is 9.47 Å². The minimum atomic E-state index is -0.549. The topological polar surface area (TPSA) is 48.4 Å². The Kier molecular flexibility index (Phi) is 7.60. The van der Waals surface area contributed by atoms with Gasteiger partial charge in [-0.1, -0.05) is 32.1 Å². The van der Waals surface area contributed by atoms with E-state index in [1.807, 2.05) is 57.2 Å². The summed E-state index contributed by atoms with van der Waals surface area (Å²) in [5.41, 5.74) is 1.63. The molecule has 2 rings (SSSR count). The molecule has 1 aromatic heterocycles. The number of hydrogen-bond acceptors (Lipinski definition) is 5. The van der Waals surface area contributed by atoms with Gasteiger partial charge in [-0.3, -0.25) is 4.79 Å². The predicted molar refractivity (Wildman–Crippen MR) is 112 cm³/mol. The molecule has 5 heteroatoms. The fourth-order valence-electron chi connectivity index (χ4n) is 2.37. The van der Waals surface area contributed by atoms with Gasteiger partial charge in [0.05, 0.1) is 24.3 Å². The van der Waals surface area contributed by atoms with Gasteiger partial charge in [-0.05, 0) is 56.9 Å². The SMILES string of the molecule is CCOC(=O)C(C)(C)CCOc1cccc(C=Cc2nc(C(C)C)cs2)c1. The summed E-state index contributed by atoms with van der Waals surface area (Å²) in [6, 6.07) is 7.91. The Morgan fingerprint density at radius 2 is 2.07 bits per heavy atom. The molecule has 27 heavy (non-hydrogen) atoms. The molecular formula is C22H29NO3S. The highest BCUT2D eigenvalue weighted by molar-refractivity contribution is 7.10. The smallest absolute Gasteiger partial charge is 0.311 e. The molecule has 0 fully saturated rings. The first-order valence-corrected chi connectivity index (χ1v) is 10.2. The Labute approximate surface area is 166 Å². The molecule has 0 aliphatic carbocycles. The number of esters is 1. The van der Waals surface area contributed by atoms with Gasteiger partial charge in [0.2, 0.25) is 0 Å². The average Bonchev–Trinajstić information content (AvgIpc) is 3.10. The van der Waals surface area contributed by atoms with Gasteiger partial charge in [-0.25, -0.2) is 4.98 Å².